The molecule has 1 amide bonds. The molecule has 36 heavy (non-hydrogen) atoms. The second-order valence-electron chi connectivity index (χ2n) is 8.92. The summed E-state index contributed by atoms with van der Waals surface area (Å²) >= 11 is 6.10. The number of aromatic nitrogens is 1. The van der Waals surface area contributed by atoms with Crippen LogP contribution >= 0.6 is 11.6 Å². The number of rotatable bonds is 3. The quantitative estimate of drug-likeness (QED) is 0.163. The van der Waals surface area contributed by atoms with E-state index in [1.807, 2.05) is 67.6 Å². The highest BCUT2D eigenvalue weighted by atomic mass is 35.5. The van der Waals surface area contributed by atoms with Crippen molar-refractivity contribution in [1.82, 2.24) is 4.98 Å². The molecule has 6 heteroatoms. The van der Waals surface area contributed by atoms with Crippen molar-refractivity contribution in [3.63, 3.8) is 0 Å². The van der Waals surface area contributed by atoms with Crippen LogP contribution < -0.4 is 4.90 Å². The summed E-state index contributed by atoms with van der Waals surface area (Å²) in [4.78, 5) is 31.8. The van der Waals surface area contributed by atoms with Crippen LogP contribution in [-0.2, 0) is 9.59 Å². The average Bonchev–Trinajstić information content (AvgIpc) is 3.36. The molecule has 1 unspecified atom stereocenters. The largest absolute Gasteiger partial charge is 0.507 e. The number of carbonyl (C=O) groups excluding carboxylic acids is 2. The molecule has 4 aromatic carbocycles. The van der Waals surface area contributed by atoms with Gasteiger partial charge in [0.15, 0.2) is 0 Å². The van der Waals surface area contributed by atoms with E-state index in [2.05, 4.69) is 4.98 Å². The van der Waals surface area contributed by atoms with Crippen molar-refractivity contribution in [3.8, 4) is 0 Å². The number of fused-ring (bicyclic) bond motifs is 2. The maximum Gasteiger partial charge on any atom is 0.300 e. The predicted octanol–water partition coefficient (Wildman–Crippen LogP) is 6.91. The van der Waals surface area contributed by atoms with Crippen LogP contribution in [0.5, 0.6) is 0 Å². The molecule has 5 nitrogen and oxygen atoms in total. The zero-order chi connectivity index (χ0) is 25.0. The van der Waals surface area contributed by atoms with Crippen LogP contribution in [0.2, 0.25) is 5.02 Å². The Kier molecular flexibility index (Phi) is 5.16. The SMILES string of the molecule is Cc1[nH]c2ccccc2c1C1/C(=C(\O)c2ccc3ccccc3c2)C(=O)C(=O)N1c1ccc(Cl)cc1. The molecule has 2 heterocycles. The molecule has 1 atom stereocenters. The number of nitrogens with one attached hydrogen (secondary N) is 1. The van der Waals surface area contributed by atoms with E-state index in [1.54, 1.807) is 30.3 Å². The lowest BCUT2D eigenvalue weighted by atomic mass is 9.92. The molecule has 0 saturated carbocycles. The zero-order valence-electron chi connectivity index (χ0n) is 19.3. The van der Waals surface area contributed by atoms with E-state index in [1.165, 1.54) is 4.90 Å². The molecule has 0 radical (unpaired) electrons. The van der Waals surface area contributed by atoms with Crippen LogP contribution in [0.4, 0.5) is 5.69 Å². The standard InChI is InChI=1S/C30H21ClN2O3/c1-17-25(23-8-4-5-9-24(23)32-17)27-26(28(34)20-11-10-18-6-2-3-7-19(18)16-20)29(35)30(36)33(27)22-14-12-21(31)13-15-22/h2-16,27,32,34H,1H3/b28-26+. The number of benzene rings is 4. The summed E-state index contributed by atoms with van der Waals surface area (Å²) in [6, 6.07) is 27.0. The van der Waals surface area contributed by atoms with Gasteiger partial charge in [0.05, 0.1) is 11.6 Å². The Balaban J connectivity index is 1.63. The van der Waals surface area contributed by atoms with Crippen LogP contribution in [-0.4, -0.2) is 21.8 Å². The lowest BCUT2D eigenvalue weighted by Gasteiger charge is -2.26. The number of nitrogens with zero attached hydrogens (tertiary/aromatic N) is 1. The fraction of sp³-hybridized carbons (Fsp3) is 0.0667. The van der Waals surface area contributed by atoms with Gasteiger partial charge in [-0.3, -0.25) is 14.5 Å². The third kappa shape index (κ3) is 3.40. The zero-order valence-corrected chi connectivity index (χ0v) is 20.1. The van der Waals surface area contributed by atoms with Crippen molar-refractivity contribution in [3.05, 3.63) is 118 Å². The van der Waals surface area contributed by atoms with Crippen LogP contribution in [0, 0.1) is 6.92 Å². The number of ketones is 1. The van der Waals surface area contributed by atoms with Gasteiger partial charge < -0.3 is 10.1 Å². The Hall–Kier alpha value is -4.35. The highest BCUT2D eigenvalue weighted by Gasteiger charge is 2.48. The van der Waals surface area contributed by atoms with Gasteiger partial charge in [-0.15, -0.1) is 0 Å². The number of halogens is 1. The van der Waals surface area contributed by atoms with E-state index < -0.39 is 17.7 Å². The van der Waals surface area contributed by atoms with Gasteiger partial charge in [-0.2, -0.15) is 0 Å². The first-order valence-corrected chi connectivity index (χ1v) is 11.9. The summed E-state index contributed by atoms with van der Waals surface area (Å²) in [7, 11) is 0. The van der Waals surface area contributed by atoms with E-state index >= 15 is 0 Å². The highest BCUT2D eigenvalue weighted by molar-refractivity contribution is 6.52. The molecule has 5 aromatic rings. The van der Waals surface area contributed by atoms with Gasteiger partial charge in [-0.1, -0.05) is 66.2 Å². The van der Waals surface area contributed by atoms with Crippen LogP contribution in [0.1, 0.15) is 22.9 Å². The number of aliphatic hydroxyl groups is 1. The molecule has 1 fully saturated rings. The molecule has 0 bridgehead atoms. The Labute approximate surface area is 212 Å². The van der Waals surface area contributed by atoms with Crippen molar-refractivity contribution >= 4 is 56.4 Å². The number of amides is 1. The topological polar surface area (TPSA) is 73.4 Å². The Morgan fingerprint density at radius 3 is 2.36 bits per heavy atom. The van der Waals surface area contributed by atoms with E-state index in [-0.39, 0.29) is 11.3 Å². The van der Waals surface area contributed by atoms with Crippen LogP contribution in [0.15, 0.2) is 96.6 Å². The maximum atomic E-state index is 13.5. The molecule has 6 rings (SSSR count). The third-order valence-electron chi connectivity index (χ3n) is 6.79. The van der Waals surface area contributed by atoms with Crippen molar-refractivity contribution < 1.29 is 14.7 Å². The molecule has 1 saturated heterocycles. The third-order valence-corrected chi connectivity index (χ3v) is 7.04. The van der Waals surface area contributed by atoms with Crippen LogP contribution in [0.25, 0.3) is 27.4 Å². The summed E-state index contributed by atoms with van der Waals surface area (Å²) in [5, 5.41) is 14.9. The average molecular weight is 493 g/mol. The first kappa shape index (κ1) is 22.1. The van der Waals surface area contributed by atoms with Crippen molar-refractivity contribution in [1.29, 1.82) is 0 Å². The molecule has 1 aliphatic rings. The minimum Gasteiger partial charge on any atom is -0.507 e. The molecule has 0 spiro atoms. The van der Waals surface area contributed by atoms with E-state index in [0.29, 0.717) is 16.3 Å². The maximum absolute atomic E-state index is 13.5. The van der Waals surface area contributed by atoms with Gasteiger partial charge in [0, 0.05) is 38.4 Å². The number of Topliss-reactive ketones (excluding diaryl/α,β-unsaturated/α-hetero) is 1. The number of H-pyrrole nitrogens is 1. The fourth-order valence-electron chi connectivity index (χ4n) is 5.12. The Bertz CT molecular complexity index is 1720. The number of carbonyl (C=O) groups is 2. The molecular formula is C30H21ClN2O3. The Morgan fingerprint density at radius 2 is 1.58 bits per heavy atom. The first-order chi connectivity index (χ1) is 17.4. The van der Waals surface area contributed by atoms with E-state index in [0.717, 1.165) is 32.9 Å². The predicted molar refractivity (Wildman–Crippen MR) is 143 cm³/mol. The lowest BCUT2D eigenvalue weighted by molar-refractivity contribution is -0.132. The lowest BCUT2D eigenvalue weighted by Crippen LogP contribution is -2.29. The number of aromatic amines is 1. The number of aliphatic hydroxyl groups excluding tert-OH is 1. The minimum absolute atomic E-state index is 0.0538. The molecule has 1 aliphatic heterocycles. The summed E-state index contributed by atoms with van der Waals surface area (Å²) in [5.74, 6) is -1.63. The number of hydrogen-bond donors (Lipinski definition) is 2. The molecule has 0 aliphatic carbocycles. The summed E-state index contributed by atoms with van der Waals surface area (Å²) in [6.45, 7) is 1.91. The van der Waals surface area contributed by atoms with Crippen molar-refractivity contribution in [2.24, 2.45) is 0 Å². The van der Waals surface area contributed by atoms with Gasteiger partial charge in [0.25, 0.3) is 11.7 Å². The van der Waals surface area contributed by atoms with E-state index in [9.17, 15) is 14.7 Å². The van der Waals surface area contributed by atoms with Crippen molar-refractivity contribution in [2.75, 3.05) is 4.90 Å². The smallest absolute Gasteiger partial charge is 0.300 e. The summed E-state index contributed by atoms with van der Waals surface area (Å²) < 4.78 is 0. The number of para-hydroxylation sites is 1. The molecule has 1 aromatic heterocycles. The van der Waals surface area contributed by atoms with E-state index in [4.69, 9.17) is 11.6 Å². The van der Waals surface area contributed by atoms with Gasteiger partial charge in [-0.05, 0) is 54.1 Å². The number of aryl methyl sites for hydroxylation is 1. The van der Waals surface area contributed by atoms with Gasteiger partial charge in [0.2, 0.25) is 0 Å². The van der Waals surface area contributed by atoms with Crippen molar-refractivity contribution in [2.45, 2.75) is 13.0 Å². The second kappa shape index (κ2) is 8.40. The molecular weight excluding hydrogens is 472 g/mol. The monoisotopic (exact) mass is 492 g/mol. The van der Waals surface area contributed by atoms with Gasteiger partial charge >= 0.3 is 0 Å². The normalized spacial score (nSPS) is 17.4. The Morgan fingerprint density at radius 1 is 0.889 bits per heavy atom. The number of anilines is 1. The number of hydrogen-bond acceptors (Lipinski definition) is 3. The molecule has 2 N–H and O–H groups in total. The first-order valence-electron chi connectivity index (χ1n) is 11.6. The molecule has 176 valence electrons. The van der Waals surface area contributed by atoms with Gasteiger partial charge in [-0.25, -0.2) is 0 Å². The second-order valence-corrected chi connectivity index (χ2v) is 9.35. The minimum atomic E-state index is -0.825. The highest BCUT2D eigenvalue weighted by Crippen LogP contribution is 2.45. The van der Waals surface area contributed by atoms with Gasteiger partial charge in [0.1, 0.15) is 5.76 Å². The summed E-state index contributed by atoms with van der Waals surface area (Å²) in [5.41, 5.74) is 3.52. The van der Waals surface area contributed by atoms with Crippen LogP contribution in [0.3, 0.4) is 0 Å². The summed E-state index contributed by atoms with van der Waals surface area (Å²) in [6.07, 6.45) is 0. The fourth-order valence-corrected chi connectivity index (χ4v) is 5.24.